The number of hydrogen-bond acceptors (Lipinski definition) is 3. The van der Waals surface area contributed by atoms with E-state index in [1.165, 1.54) is 12.5 Å². The molecule has 3 heterocycles. The summed E-state index contributed by atoms with van der Waals surface area (Å²) in [6.45, 7) is 6.13. The Morgan fingerprint density at radius 2 is 2.37 bits per heavy atom. The van der Waals surface area contributed by atoms with Crippen LogP contribution in [0.3, 0.4) is 0 Å². The van der Waals surface area contributed by atoms with E-state index in [2.05, 4.69) is 16.5 Å². The Morgan fingerprint density at radius 1 is 1.53 bits per heavy atom. The normalized spacial score (nSPS) is 25.8. The average molecular weight is 260 g/mol. The van der Waals surface area contributed by atoms with E-state index in [4.69, 9.17) is 0 Å². The van der Waals surface area contributed by atoms with Crippen molar-refractivity contribution in [1.82, 2.24) is 19.8 Å². The minimum atomic E-state index is -0.0741. The van der Waals surface area contributed by atoms with Crippen LogP contribution < -0.4 is 0 Å². The Balaban J connectivity index is 1.69. The average Bonchev–Trinajstić information content (AvgIpc) is 3.09. The molecule has 2 saturated heterocycles. The number of fused-ring (bicyclic) bond motifs is 1. The summed E-state index contributed by atoms with van der Waals surface area (Å²) >= 11 is 0. The molecule has 6 heteroatoms. The molecular weight excluding hydrogens is 244 g/mol. The zero-order valence-corrected chi connectivity index (χ0v) is 10.6. The van der Waals surface area contributed by atoms with Crippen molar-refractivity contribution in [3.63, 3.8) is 0 Å². The molecule has 2 atom stereocenters. The number of nitrogens with zero attached hydrogens (tertiary/aromatic N) is 3. The number of carbonyl (C=O) groups is 2. The zero-order valence-electron chi connectivity index (χ0n) is 10.6. The van der Waals surface area contributed by atoms with Gasteiger partial charge < -0.3 is 14.8 Å². The Hall–Kier alpha value is -2.11. The highest BCUT2D eigenvalue weighted by Crippen LogP contribution is 2.32. The third-order valence-electron chi connectivity index (χ3n) is 3.89. The van der Waals surface area contributed by atoms with Crippen molar-refractivity contribution >= 4 is 11.8 Å². The van der Waals surface area contributed by atoms with E-state index in [0.29, 0.717) is 25.3 Å². The van der Waals surface area contributed by atoms with Crippen molar-refractivity contribution in [3.8, 4) is 0 Å². The topological polar surface area (TPSA) is 69.3 Å². The van der Waals surface area contributed by atoms with Gasteiger partial charge in [-0.05, 0) is 0 Å². The molecule has 0 spiro atoms. The number of nitrogens with one attached hydrogen (secondary N) is 1. The van der Waals surface area contributed by atoms with Crippen LogP contribution in [-0.4, -0.2) is 57.8 Å². The summed E-state index contributed by atoms with van der Waals surface area (Å²) in [5, 5.41) is 0. The maximum absolute atomic E-state index is 12.2. The van der Waals surface area contributed by atoms with E-state index in [0.717, 1.165) is 6.54 Å². The first-order valence-electron chi connectivity index (χ1n) is 6.38. The van der Waals surface area contributed by atoms with Crippen LogP contribution in [0.1, 0.15) is 10.5 Å². The number of carbonyl (C=O) groups excluding carboxylic acids is 2. The quantitative estimate of drug-likeness (QED) is 0.785. The van der Waals surface area contributed by atoms with Crippen molar-refractivity contribution in [2.75, 3.05) is 26.2 Å². The zero-order chi connectivity index (χ0) is 13.4. The van der Waals surface area contributed by atoms with Crippen LogP contribution in [0.2, 0.25) is 0 Å². The molecule has 0 aliphatic carbocycles. The van der Waals surface area contributed by atoms with Gasteiger partial charge in [0, 0.05) is 32.1 Å². The van der Waals surface area contributed by atoms with Crippen LogP contribution in [0, 0.1) is 11.8 Å². The van der Waals surface area contributed by atoms with Crippen molar-refractivity contribution in [1.29, 1.82) is 0 Å². The van der Waals surface area contributed by atoms with E-state index in [9.17, 15) is 9.59 Å². The fourth-order valence-corrected chi connectivity index (χ4v) is 2.97. The second-order valence-electron chi connectivity index (χ2n) is 5.07. The number of rotatable bonds is 3. The molecule has 19 heavy (non-hydrogen) atoms. The first-order valence-corrected chi connectivity index (χ1v) is 6.38. The number of amides is 2. The first-order chi connectivity index (χ1) is 9.20. The number of likely N-dealkylation sites (tertiary alicyclic amines) is 2. The smallest absolute Gasteiger partial charge is 0.271 e. The Kier molecular flexibility index (Phi) is 2.85. The van der Waals surface area contributed by atoms with Gasteiger partial charge in [0.15, 0.2) is 0 Å². The predicted molar refractivity (Wildman–Crippen MR) is 68.2 cm³/mol. The van der Waals surface area contributed by atoms with Crippen molar-refractivity contribution < 1.29 is 9.59 Å². The lowest BCUT2D eigenvalue weighted by Gasteiger charge is -2.20. The fourth-order valence-electron chi connectivity index (χ4n) is 2.97. The van der Waals surface area contributed by atoms with Gasteiger partial charge in [0.2, 0.25) is 5.91 Å². The van der Waals surface area contributed by atoms with Crippen molar-refractivity contribution in [2.24, 2.45) is 11.8 Å². The highest BCUT2D eigenvalue weighted by atomic mass is 16.2. The van der Waals surface area contributed by atoms with Crippen LogP contribution in [0.15, 0.2) is 25.2 Å². The lowest BCUT2D eigenvalue weighted by Crippen LogP contribution is -2.35. The van der Waals surface area contributed by atoms with Gasteiger partial charge in [0.25, 0.3) is 5.91 Å². The van der Waals surface area contributed by atoms with Gasteiger partial charge in [-0.3, -0.25) is 9.59 Å². The molecule has 0 unspecified atom stereocenters. The van der Waals surface area contributed by atoms with Gasteiger partial charge in [0.05, 0.1) is 18.4 Å². The van der Waals surface area contributed by atoms with Crippen LogP contribution in [0.4, 0.5) is 0 Å². The summed E-state index contributed by atoms with van der Waals surface area (Å²) < 4.78 is 0. The van der Waals surface area contributed by atoms with Crippen LogP contribution in [-0.2, 0) is 4.79 Å². The lowest BCUT2D eigenvalue weighted by atomic mass is 10.0. The van der Waals surface area contributed by atoms with Gasteiger partial charge >= 0.3 is 0 Å². The number of hydrogen-bond donors (Lipinski definition) is 1. The maximum Gasteiger partial charge on any atom is 0.271 e. The third kappa shape index (κ3) is 1.93. The van der Waals surface area contributed by atoms with Crippen molar-refractivity contribution in [2.45, 2.75) is 0 Å². The van der Waals surface area contributed by atoms with Crippen LogP contribution >= 0.6 is 0 Å². The second-order valence-corrected chi connectivity index (χ2v) is 5.07. The van der Waals surface area contributed by atoms with E-state index in [1.54, 1.807) is 11.0 Å². The summed E-state index contributed by atoms with van der Waals surface area (Å²) in [5.74, 6) is 0.269. The van der Waals surface area contributed by atoms with Gasteiger partial charge in [0.1, 0.15) is 5.69 Å². The van der Waals surface area contributed by atoms with Gasteiger partial charge in [-0.1, -0.05) is 6.08 Å². The van der Waals surface area contributed by atoms with Gasteiger partial charge in [-0.15, -0.1) is 6.58 Å². The summed E-state index contributed by atoms with van der Waals surface area (Å²) in [6, 6.07) is 0. The summed E-state index contributed by atoms with van der Waals surface area (Å²) in [4.78, 5) is 34.5. The van der Waals surface area contributed by atoms with Gasteiger partial charge in [-0.25, -0.2) is 4.98 Å². The molecule has 0 radical (unpaired) electrons. The molecule has 2 aliphatic rings. The van der Waals surface area contributed by atoms with E-state index < -0.39 is 0 Å². The minimum absolute atomic E-state index is 0.0492. The first kappa shape index (κ1) is 12.0. The molecule has 3 rings (SSSR count). The molecule has 2 amide bonds. The molecule has 0 bridgehead atoms. The monoisotopic (exact) mass is 260 g/mol. The maximum atomic E-state index is 12.2. The number of H-pyrrole nitrogens is 1. The third-order valence-corrected chi connectivity index (χ3v) is 3.89. The standard InChI is InChI=1S/C13H16N4O2/c1-2-3-16-5-9-6-17(7-10(9)12(16)18)13(19)11-4-14-8-15-11/h2,4,8-10H,1,3,5-7H2,(H,14,15)/t9-,10-/m1/s1. The number of aromatic nitrogens is 2. The second kappa shape index (κ2) is 4.53. The number of aromatic amines is 1. The Morgan fingerprint density at radius 3 is 3.00 bits per heavy atom. The molecule has 100 valence electrons. The summed E-state index contributed by atoms with van der Waals surface area (Å²) in [5.41, 5.74) is 0.482. The summed E-state index contributed by atoms with van der Waals surface area (Å²) in [6.07, 6.45) is 4.75. The molecule has 0 saturated carbocycles. The Labute approximate surface area is 111 Å². The largest absolute Gasteiger partial charge is 0.341 e. The summed E-state index contributed by atoms with van der Waals surface area (Å²) in [7, 11) is 0. The predicted octanol–water partition coefficient (Wildman–Crippen LogP) is 0.126. The van der Waals surface area contributed by atoms with E-state index in [1.807, 2.05) is 4.90 Å². The lowest BCUT2D eigenvalue weighted by molar-refractivity contribution is -0.130. The molecule has 6 nitrogen and oxygen atoms in total. The van der Waals surface area contributed by atoms with Gasteiger partial charge in [-0.2, -0.15) is 0 Å². The van der Waals surface area contributed by atoms with Crippen LogP contribution in [0.25, 0.3) is 0 Å². The SMILES string of the molecule is C=CCN1C[C@@H]2CN(C(=O)c3cnc[nH]3)C[C@H]2C1=O. The van der Waals surface area contributed by atoms with E-state index in [-0.39, 0.29) is 23.7 Å². The molecule has 0 aromatic carbocycles. The van der Waals surface area contributed by atoms with Crippen LogP contribution in [0.5, 0.6) is 0 Å². The number of imidazole rings is 1. The van der Waals surface area contributed by atoms with Crippen molar-refractivity contribution in [3.05, 3.63) is 30.9 Å². The molecule has 1 aromatic heterocycles. The molecular formula is C13H16N4O2. The molecule has 1 aromatic rings. The highest BCUT2D eigenvalue weighted by molar-refractivity contribution is 5.93. The minimum Gasteiger partial charge on any atom is -0.341 e. The Bertz CT molecular complexity index is 511. The van der Waals surface area contributed by atoms with E-state index >= 15 is 0 Å². The molecule has 2 fully saturated rings. The fraction of sp³-hybridized carbons (Fsp3) is 0.462. The molecule has 1 N–H and O–H groups in total. The molecule has 2 aliphatic heterocycles. The highest BCUT2D eigenvalue weighted by Gasteiger charge is 2.47.